The molecule has 1 aromatic heterocycles. The van der Waals surface area contributed by atoms with Crippen LogP contribution in [0.25, 0.3) is 6.08 Å². The van der Waals surface area contributed by atoms with Gasteiger partial charge in [-0.2, -0.15) is 5.26 Å². The van der Waals surface area contributed by atoms with E-state index < -0.39 is 0 Å². The Morgan fingerprint density at radius 3 is 2.65 bits per heavy atom. The third-order valence-corrected chi connectivity index (χ3v) is 3.88. The fraction of sp³-hybridized carbons (Fsp3) is 0.250. The summed E-state index contributed by atoms with van der Waals surface area (Å²) in [6.45, 7) is 0.473. The summed E-state index contributed by atoms with van der Waals surface area (Å²) in [6.07, 6.45) is 5.42. The SMILES string of the molecule is COc1ccc(CCN(C)C(=O)C(C#N)=Cc2cccnc2)cc1OC. The first-order valence-electron chi connectivity index (χ1n) is 8.07. The van der Waals surface area contributed by atoms with Crippen molar-refractivity contribution >= 4 is 12.0 Å². The van der Waals surface area contributed by atoms with Crippen molar-refractivity contribution < 1.29 is 14.3 Å². The highest BCUT2D eigenvalue weighted by Gasteiger charge is 2.15. The van der Waals surface area contributed by atoms with Gasteiger partial charge in [0.1, 0.15) is 11.6 Å². The zero-order valence-electron chi connectivity index (χ0n) is 15.1. The number of hydrogen-bond acceptors (Lipinski definition) is 5. The quantitative estimate of drug-likeness (QED) is 0.566. The summed E-state index contributed by atoms with van der Waals surface area (Å²) in [5, 5.41) is 9.30. The normalized spacial score (nSPS) is 10.8. The number of likely N-dealkylation sites (N-methyl/N-ethyl adjacent to an activating group) is 1. The molecule has 0 spiro atoms. The van der Waals surface area contributed by atoms with Crippen LogP contribution in [0.15, 0.2) is 48.3 Å². The summed E-state index contributed by atoms with van der Waals surface area (Å²) in [6, 6.07) is 11.2. The number of nitriles is 1. The van der Waals surface area contributed by atoms with Crippen molar-refractivity contribution in [2.75, 3.05) is 27.8 Å². The molecule has 26 heavy (non-hydrogen) atoms. The molecule has 0 N–H and O–H groups in total. The first kappa shape index (κ1) is 19.0. The van der Waals surface area contributed by atoms with E-state index in [4.69, 9.17) is 9.47 Å². The van der Waals surface area contributed by atoms with Crippen LogP contribution in [0, 0.1) is 11.3 Å². The van der Waals surface area contributed by atoms with Crippen LogP contribution >= 0.6 is 0 Å². The molecule has 1 heterocycles. The Bertz CT molecular complexity index is 826. The molecule has 0 unspecified atom stereocenters. The third kappa shape index (κ3) is 4.84. The molecule has 1 amide bonds. The fourth-order valence-corrected chi connectivity index (χ4v) is 2.41. The Balaban J connectivity index is 2.05. The highest BCUT2D eigenvalue weighted by atomic mass is 16.5. The van der Waals surface area contributed by atoms with Crippen LogP contribution in [-0.4, -0.2) is 43.6 Å². The monoisotopic (exact) mass is 351 g/mol. The van der Waals surface area contributed by atoms with Crippen molar-refractivity contribution in [2.24, 2.45) is 0 Å². The molecular formula is C20H21N3O3. The molecule has 134 valence electrons. The van der Waals surface area contributed by atoms with Crippen LogP contribution in [0.2, 0.25) is 0 Å². The summed E-state index contributed by atoms with van der Waals surface area (Å²) in [5.41, 5.74) is 1.80. The van der Waals surface area contributed by atoms with Gasteiger partial charge in [0.25, 0.3) is 5.91 Å². The number of carbonyl (C=O) groups is 1. The second-order valence-electron chi connectivity index (χ2n) is 5.62. The maximum Gasteiger partial charge on any atom is 0.264 e. The maximum atomic E-state index is 12.5. The van der Waals surface area contributed by atoms with Gasteiger partial charge in [-0.05, 0) is 41.8 Å². The Morgan fingerprint density at radius 1 is 1.27 bits per heavy atom. The van der Waals surface area contributed by atoms with Crippen LogP contribution in [-0.2, 0) is 11.2 Å². The number of ether oxygens (including phenoxy) is 2. The van der Waals surface area contributed by atoms with E-state index in [1.165, 1.54) is 4.90 Å². The Hall–Kier alpha value is -3.33. The predicted octanol–water partition coefficient (Wildman–Crippen LogP) is 2.71. The van der Waals surface area contributed by atoms with Crippen LogP contribution in [0.5, 0.6) is 11.5 Å². The largest absolute Gasteiger partial charge is 0.493 e. The molecule has 6 nitrogen and oxygen atoms in total. The van der Waals surface area contributed by atoms with Gasteiger partial charge in [-0.1, -0.05) is 12.1 Å². The highest BCUT2D eigenvalue weighted by molar-refractivity contribution is 6.01. The number of nitrogens with zero attached hydrogens (tertiary/aromatic N) is 3. The molecule has 0 saturated carbocycles. The zero-order valence-corrected chi connectivity index (χ0v) is 15.1. The van der Waals surface area contributed by atoms with Gasteiger partial charge in [-0.15, -0.1) is 0 Å². The average Bonchev–Trinajstić information content (AvgIpc) is 2.70. The van der Waals surface area contributed by atoms with E-state index in [0.29, 0.717) is 30.0 Å². The number of amides is 1. The van der Waals surface area contributed by atoms with Gasteiger partial charge in [-0.3, -0.25) is 9.78 Å². The predicted molar refractivity (Wildman–Crippen MR) is 98.7 cm³/mol. The van der Waals surface area contributed by atoms with Gasteiger partial charge >= 0.3 is 0 Å². The van der Waals surface area contributed by atoms with E-state index in [1.54, 1.807) is 51.9 Å². The van der Waals surface area contributed by atoms with Crippen molar-refractivity contribution in [1.29, 1.82) is 5.26 Å². The molecular weight excluding hydrogens is 330 g/mol. The lowest BCUT2D eigenvalue weighted by atomic mass is 10.1. The molecule has 0 aliphatic carbocycles. The Labute approximate surface area is 153 Å². The second kappa shape index (κ2) is 9.23. The van der Waals surface area contributed by atoms with Gasteiger partial charge in [-0.25, -0.2) is 0 Å². The van der Waals surface area contributed by atoms with Gasteiger partial charge in [0.05, 0.1) is 14.2 Å². The highest BCUT2D eigenvalue weighted by Crippen LogP contribution is 2.27. The number of rotatable bonds is 7. The smallest absolute Gasteiger partial charge is 0.264 e. The van der Waals surface area contributed by atoms with Gasteiger partial charge in [0, 0.05) is 26.0 Å². The zero-order chi connectivity index (χ0) is 18.9. The summed E-state index contributed by atoms with van der Waals surface area (Å²) < 4.78 is 10.5. The number of aromatic nitrogens is 1. The molecule has 2 rings (SSSR count). The van der Waals surface area contributed by atoms with Crippen molar-refractivity contribution in [3.63, 3.8) is 0 Å². The fourth-order valence-electron chi connectivity index (χ4n) is 2.41. The number of carbonyl (C=O) groups excluding carboxylic acids is 1. The van der Waals surface area contributed by atoms with E-state index in [1.807, 2.05) is 24.3 Å². The van der Waals surface area contributed by atoms with E-state index in [2.05, 4.69) is 4.98 Å². The molecule has 0 aliphatic rings. The first-order chi connectivity index (χ1) is 12.6. The maximum absolute atomic E-state index is 12.5. The summed E-state index contributed by atoms with van der Waals surface area (Å²) in [5.74, 6) is 0.983. The number of hydrogen-bond donors (Lipinski definition) is 0. The summed E-state index contributed by atoms with van der Waals surface area (Å²) >= 11 is 0. The van der Waals surface area contributed by atoms with Gasteiger partial charge in [0.15, 0.2) is 11.5 Å². The minimum Gasteiger partial charge on any atom is -0.493 e. The number of pyridine rings is 1. The molecule has 0 aliphatic heterocycles. The third-order valence-electron chi connectivity index (χ3n) is 3.88. The lowest BCUT2D eigenvalue weighted by Gasteiger charge is -2.17. The molecule has 2 aromatic rings. The van der Waals surface area contributed by atoms with Crippen LogP contribution in [0.1, 0.15) is 11.1 Å². The molecule has 0 saturated heterocycles. The molecule has 6 heteroatoms. The van der Waals surface area contributed by atoms with Crippen LogP contribution in [0.4, 0.5) is 0 Å². The lowest BCUT2D eigenvalue weighted by Crippen LogP contribution is -2.29. The summed E-state index contributed by atoms with van der Waals surface area (Å²) in [4.78, 5) is 18.0. The lowest BCUT2D eigenvalue weighted by molar-refractivity contribution is -0.125. The molecule has 0 bridgehead atoms. The summed E-state index contributed by atoms with van der Waals surface area (Å²) in [7, 11) is 4.85. The van der Waals surface area contributed by atoms with Gasteiger partial charge < -0.3 is 14.4 Å². The second-order valence-corrected chi connectivity index (χ2v) is 5.62. The van der Waals surface area contributed by atoms with Crippen molar-refractivity contribution in [1.82, 2.24) is 9.88 Å². The topological polar surface area (TPSA) is 75.5 Å². The van der Waals surface area contributed by atoms with Crippen molar-refractivity contribution in [2.45, 2.75) is 6.42 Å². The first-order valence-corrected chi connectivity index (χ1v) is 8.07. The van der Waals surface area contributed by atoms with E-state index in [0.717, 1.165) is 5.56 Å². The molecule has 1 aromatic carbocycles. The van der Waals surface area contributed by atoms with E-state index in [9.17, 15) is 10.1 Å². The van der Waals surface area contributed by atoms with E-state index in [-0.39, 0.29) is 11.5 Å². The van der Waals surface area contributed by atoms with E-state index >= 15 is 0 Å². The van der Waals surface area contributed by atoms with Crippen molar-refractivity contribution in [3.8, 4) is 17.6 Å². The number of methoxy groups -OCH3 is 2. The molecule has 0 atom stereocenters. The Kier molecular flexibility index (Phi) is 6.75. The van der Waals surface area contributed by atoms with Crippen LogP contribution in [0.3, 0.4) is 0 Å². The van der Waals surface area contributed by atoms with Crippen molar-refractivity contribution in [3.05, 3.63) is 59.4 Å². The minimum absolute atomic E-state index is 0.0767. The van der Waals surface area contributed by atoms with Gasteiger partial charge in [0.2, 0.25) is 0 Å². The molecule has 0 fully saturated rings. The Morgan fingerprint density at radius 2 is 2.04 bits per heavy atom. The standard InChI is InChI=1S/C20H21N3O3/c1-23(10-8-15-6-7-18(25-2)19(12-15)26-3)20(24)17(13-21)11-16-5-4-9-22-14-16/h4-7,9,11-12,14H,8,10H2,1-3H3. The average molecular weight is 351 g/mol. The van der Waals surface area contributed by atoms with Crippen LogP contribution < -0.4 is 9.47 Å². The number of benzene rings is 1. The minimum atomic E-state index is -0.322. The molecule has 0 radical (unpaired) electrons.